The number of aryl methyl sites for hydroxylation is 2. The molecule has 0 atom stereocenters. The summed E-state index contributed by atoms with van der Waals surface area (Å²) >= 11 is 0. The van der Waals surface area contributed by atoms with Crippen LogP contribution in [0.25, 0.3) is 6.08 Å². The molecule has 0 aliphatic carbocycles. The zero-order valence-electron chi connectivity index (χ0n) is 11.7. The van der Waals surface area contributed by atoms with Crippen molar-refractivity contribution in [2.24, 2.45) is 7.05 Å². The normalized spacial score (nSPS) is 10.8. The monoisotopic (exact) mass is 285 g/mol. The lowest BCUT2D eigenvalue weighted by Crippen LogP contribution is -2.11. The molecule has 0 spiro atoms. The van der Waals surface area contributed by atoms with Crippen molar-refractivity contribution < 1.29 is 14.7 Å². The quantitative estimate of drug-likeness (QED) is 0.842. The van der Waals surface area contributed by atoms with Crippen molar-refractivity contribution in [3.05, 3.63) is 53.4 Å². The standard InChI is InChI=1S/C15H15N3O3/c1-10-5-11(3-4-14(19)20)7-12(6-10)15(21)17-13-8-16-18(2)9-13/h3-9H,1-2H3,(H,17,21)(H,19,20)/b4-3+. The third kappa shape index (κ3) is 4.04. The Bertz CT molecular complexity index is 717. The largest absolute Gasteiger partial charge is 0.478 e. The highest BCUT2D eigenvalue weighted by Crippen LogP contribution is 2.14. The van der Waals surface area contributed by atoms with Crippen molar-refractivity contribution in [2.45, 2.75) is 6.92 Å². The number of amides is 1. The number of carboxylic acid groups (broad SMARTS) is 1. The van der Waals surface area contributed by atoms with Crippen molar-refractivity contribution in [2.75, 3.05) is 5.32 Å². The van der Waals surface area contributed by atoms with Crippen molar-refractivity contribution in [1.29, 1.82) is 0 Å². The van der Waals surface area contributed by atoms with Crippen molar-refractivity contribution >= 4 is 23.6 Å². The summed E-state index contributed by atoms with van der Waals surface area (Å²) in [6.07, 6.45) is 5.74. The SMILES string of the molecule is Cc1cc(/C=C/C(=O)O)cc(C(=O)Nc2cnn(C)c2)c1. The number of benzene rings is 1. The van der Waals surface area contributed by atoms with E-state index in [0.717, 1.165) is 11.6 Å². The van der Waals surface area contributed by atoms with E-state index in [1.54, 1.807) is 42.3 Å². The van der Waals surface area contributed by atoms with Crippen LogP contribution >= 0.6 is 0 Å². The van der Waals surface area contributed by atoms with Gasteiger partial charge in [0.2, 0.25) is 0 Å². The molecular formula is C15H15N3O3. The molecule has 0 saturated carbocycles. The maximum absolute atomic E-state index is 12.2. The molecule has 1 aromatic heterocycles. The average Bonchev–Trinajstić information content (AvgIpc) is 2.81. The van der Waals surface area contributed by atoms with Gasteiger partial charge in [-0.15, -0.1) is 0 Å². The Kier molecular flexibility index (Phi) is 4.18. The van der Waals surface area contributed by atoms with E-state index in [1.807, 2.05) is 6.92 Å². The van der Waals surface area contributed by atoms with E-state index in [-0.39, 0.29) is 5.91 Å². The molecule has 0 unspecified atom stereocenters. The molecule has 0 fully saturated rings. The molecule has 2 aromatic rings. The van der Waals surface area contributed by atoms with Crippen molar-refractivity contribution in [1.82, 2.24) is 9.78 Å². The van der Waals surface area contributed by atoms with Crippen LogP contribution in [0.4, 0.5) is 5.69 Å². The number of rotatable bonds is 4. The van der Waals surface area contributed by atoms with E-state index in [1.165, 1.54) is 6.08 Å². The molecule has 1 heterocycles. The van der Waals surface area contributed by atoms with Gasteiger partial charge in [-0.1, -0.05) is 6.07 Å². The van der Waals surface area contributed by atoms with Crippen LogP contribution in [0, 0.1) is 6.92 Å². The Morgan fingerprint density at radius 3 is 2.71 bits per heavy atom. The molecule has 0 aliphatic rings. The number of anilines is 1. The fourth-order valence-electron chi connectivity index (χ4n) is 1.90. The van der Waals surface area contributed by atoms with Gasteiger partial charge >= 0.3 is 5.97 Å². The molecule has 2 N–H and O–H groups in total. The average molecular weight is 285 g/mol. The van der Waals surface area contributed by atoms with Crippen LogP contribution in [0.1, 0.15) is 21.5 Å². The Morgan fingerprint density at radius 2 is 2.10 bits per heavy atom. The van der Waals surface area contributed by atoms with Crippen LogP contribution in [-0.2, 0) is 11.8 Å². The second-order valence-corrected chi connectivity index (χ2v) is 4.66. The highest BCUT2D eigenvalue weighted by Gasteiger charge is 2.08. The molecule has 21 heavy (non-hydrogen) atoms. The van der Waals surface area contributed by atoms with Gasteiger partial charge in [0.15, 0.2) is 0 Å². The van der Waals surface area contributed by atoms with Gasteiger partial charge in [0.1, 0.15) is 0 Å². The first kappa shape index (κ1) is 14.5. The predicted molar refractivity (Wildman–Crippen MR) is 79.0 cm³/mol. The van der Waals surface area contributed by atoms with E-state index in [4.69, 9.17) is 5.11 Å². The van der Waals surface area contributed by atoms with E-state index < -0.39 is 5.97 Å². The first-order valence-corrected chi connectivity index (χ1v) is 6.27. The molecule has 6 heteroatoms. The summed E-state index contributed by atoms with van der Waals surface area (Å²) in [5.74, 6) is -1.30. The van der Waals surface area contributed by atoms with E-state index >= 15 is 0 Å². The molecule has 0 radical (unpaired) electrons. The number of hydrogen-bond acceptors (Lipinski definition) is 3. The Balaban J connectivity index is 2.22. The summed E-state index contributed by atoms with van der Waals surface area (Å²) in [5.41, 5.74) is 2.60. The lowest BCUT2D eigenvalue weighted by Gasteiger charge is -2.05. The maximum Gasteiger partial charge on any atom is 0.328 e. The minimum Gasteiger partial charge on any atom is -0.478 e. The van der Waals surface area contributed by atoms with E-state index in [9.17, 15) is 9.59 Å². The van der Waals surface area contributed by atoms with E-state index in [0.29, 0.717) is 16.8 Å². The van der Waals surface area contributed by atoms with Crippen LogP contribution in [-0.4, -0.2) is 26.8 Å². The number of carbonyl (C=O) groups is 2. The fraction of sp³-hybridized carbons (Fsp3) is 0.133. The number of nitrogens with zero attached hydrogens (tertiary/aromatic N) is 2. The molecular weight excluding hydrogens is 270 g/mol. The third-order valence-electron chi connectivity index (χ3n) is 2.74. The highest BCUT2D eigenvalue weighted by atomic mass is 16.4. The van der Waals surface area contributed by atoms with Crippen LogP contribution in [0.3, 0.4) is 0 Å². The molecule has 6 nitrogen and oxygen atoms in total. The maximum atomic E-state index is 12.2. The molecule has 1 amide bonds. The Morgan fingerprint density at radius 1 is 1.33 bits per heavy atom. The number of carbonyl (C=O) groups excluding carboxylic acids is 1. The Labute approximate surface area is 121 Å². The topological polar surface area (TPSA) is 84.2 Å². The predicted octanol–water partition coefficient (Wildman–Crippen LogP) is 2.08. The lowest BCUT2D eigenvalue weighted by atomic mass is 10.1. The summed E-state index contributed by atoms with van der Waals surface area (Å²) in [4.78, 5) is 22.7. The zero-order chi connectivity index (χ0) is 15.4. The number of aromatic nitrogens is 2. The second kappa shape index (κ2) is 6.04. The van der Waals surface area contributed by atoms with Gasteiger partial charge in [-0.25, -0.2) is 4.79 Å². The van der Waals surface area contributed by atoms with Crippen molar-refractivity contribution in [3.63, 3.8) is 0 Å². The summed E-state index contributed by atoms with van der Waals surface area (Å²) in [5, 5.41) is 15.4. The smallest absolute Gasteiger partial charge is 0.328 e. The number of hydrogen-bond donors (Lipinski definition) is 2. The first-order valence-electron chi connectivity index (χ1n) is 6.27. The minimum absolute atomic E-state index is 0.267. The minimum atomic E-state index is -1.03. The molecule has 2 rings (SSSR count). The zero-order valence-corrected chi connectivity index (χ0v) is 11.7. The van der Waals surface area contributed by atoms with Gasteiger partial charge in [-0.3, -0.25) is 9.48 Å². The first-order chi connectivity index (χ1) is 9.94. The van der Waals surface area contributed by atoms with Gasteiger partial charge in [0, 0.05) is 24.9 Å². The summed E-state index contributed by atoms with van der Waals surface area (Å²) in [6.45, 7) is 1.85. The number of aliphatic carboxylic acids is 1. The summed E-state index contributed by atoms with van der Waals surface area (Å²) in [6, 6.07) is 5.18. The van der Waals surface area contributed by atoms with Gasteiger partial charge in [0.05, 0.1) is 11.9 Å². The lowest BCUT2D eigenvalue weighted by molar-refractivity contribution is -0.131. The van der Waals surface area contributed by atoms with Gasteiger partial charge in [-0.05, 0) is 36.3 Å². The van der Waals surface area contributed by atoms with Gasteiger partial charge < -0.3 is 10.4 Å². The van der Waals surface area contributed by atoms with Gasteiger partial charge in [-0.2, -0.15) is 5.10 Å². The Hall–Kier alpha value is -2.89. The molecule has 0 bridgehead atoms. The van der Waals surface area contributed by atoms with Crippen LogP contribution in [0.15, 0.2) is 36.7 Å². The van der Waals surface area contributed by atoms with E-state index in [2.05, 4.69) is 10.4 Å². The molecule has 1 aromatic carbocycles. The fourth-order valence-corrected chi connectivity index (χ4v) is 1.90. The van der Waals surface area contributed by atoms with Crippen molar-refractivity contribution in [3.8, 4) is 0 Å². The van der Waals surface area contributed by atoms with Crippen LogP contribution < -0.4 is 5.32 Å². The van der Waals surface area contributed by atoms with Gasteiger partial charge in [0.25, 0.3) is 5.91 Å². The van der Waals surface area contributed by atoms with Crippen LogP contribution in [0.2, 0.25) is 0 Å². The second-order valence-electron chi connectivity index (χ2n) is 4.66. The third-order valence-corrected chi connectivity index (χ3v) is 2.74. The van der Waals surface area contributed by atoms with Crippen LogP contribution in [0.5, 0.6) is 0 Å². The number of carboxylic acids is 1. The number of nitrogens with one attached hydrogen (secondary N) is 1. The summed E-state index contributed by atoms with van der Waals surface area (Å²) < 4.78 is 1.59. The highest BCUT2D eigenvalue weighted by molar-refractivity contribution is 6.04. The summed E-state index contributed by atoms with van der Waals surface area (Å²) in [7, 11) is 1.76. The molecule has 108 valence electrons. The molecule has 0 aliphatic heterocycles. The molecule has 0 saturated heterocycles.